The van der Waals surface area contributed by atoms with Crippen molar-refractivity contribution < 1.29 is 22.1 Å². The molecule has 7 nitrogen and oxygen atoms in total. The third-order valence-corrected chi connectivity index (χ3v) is 15.8. The first-order valence-corrected chi connectivity index (χ1v) is 26.5. The summed E-state index contributed by atoms with van der Waals surface area (Å²) >= 11 is 0. The molecule has 0 saturated heterocycles. The second kappa shape index (κ2) is 16.9. The van der Waals surface area contributed by atoms with E-state index >= 15 is 0 Å². The molecule has 0 aliphatic rings. The number of furan rings is 5. The second-order valence-corrected chi connectivity index (χ2v) is 20.4. The molecular formula is C72H42N2O5. The fourth-order valence-electron chi connectivity index (χ4n) is 12.0. The topological polar surface area (TPSA) is 72.2 Å². The molecule has 0 fully saturated rings. The van der Waals surface area contributed by atoms with Crippen molar-refractivity contribution in [1.29, 1.82) is 0 Å². The third kappa shape index (κ3) is 6.93. The van der Waals surface area contributed by atoms with Crippen molar-refractivity contribution in [3.8, 4) is 22.3 Å². The molecular weight excluding hydrogens is 973 g/mol. The first-order chi connectivity index (χ1) is 39.1. The lowest BCUT2D eigenvalue weighted by atomic mass is 10.0. The van der Waals surface area contributed by atoms with Crippen LogP contribution in [-0.4, -0.2) is 0 Å². The van der Waals surface area contributed by atoms with Gasteiger partial charge in [-0.05, 0) is 131 Å². The Morgan fingerprint density at radius 2 is 0.405 bits per heavy atom. The van der Waals surface area contributed by atoms with Gasteiger partial charge in [0.2, 0.25) is 0 Å². The van der Waals surface area contributed by atoms with E-state index in [0.717, 1.165) is 155 Å². The number of para-hydroxylation sites is 2. The van der Waals surface area contributed by atoms with E-state index in [0.29, 0.717) is 0 Å². The lowest BCUT2D eigenvalue weighted by molar-refractivity contribution is 0.662. The Balaban J connectivity index is 0.754. The van der Waals surface area contributed by atoms with Gasteiger partial charge in [0.05, 0.1) is 0 Å². The van der Waals surface area contributed by atoms with Gasteiger partial charge in [0, 0.05) is 112 Å². The summed E-state index contributed by atoms with van der Waals surface area (Å²) in [6.07, 6.45) is 0. The Labute approximate surface area is 450 Å². The molecule has 0 spiro atoms. The normalized spacial score (nSPS) is 12.1. The summed E-state index contributed by atoms with van der Waals surface area (Å²) in [5, 5.41) is 10.2. The van der Waals surface area contributed by atoms with Crippen LogP contribution in [0.25, 0.3) is 132 Å². The van der Waals surface area contributed by atoms with Crippen molar-refractivity contribution in [3.05, 3.63) is 255 Å². The van der Waals surface area contributed by atoms with Crippen LogP contribution in [0, 0.1) is 0 Å². The molecule has 370 valence electrons. The Bertz CT molecular complexity index is 4930. The van der Waals surface area contributed by atoms with E-state index in [2.05, 4.69) is 228 Å². The minimum Gasteiger partial charge on any atom is -0.456 e. The maximum Gasteiger partial charge on any atom is 0.137 e. The monoisotopic (exact) mass is 1010 g/mol. The fraction of sp³-hybridized carbons (Fsp3) is 0. The number of anilines is 6. The number of benzene rings is 12. The van der Waals surface area contributed by atoms with Crippen LogP contribution in [0.5, 0.6) is 0 Å². The molecule has 0 N–H and O–H groups in total. The van der Waals surface area contributed by atoms with Crippen LogP contribution < -0.4 is 9.80 Å². The van der Waals surface area contributed by atoms with Crippen LogP contribution >= 0.6 is 0 Å². The zero-order chi connectivity index (χ0) is 51.7. The molecule has 5 aromatic heterocycles. The molecule has 0 amide bonds. The molecule has 0 unspecified atom stereocenters. The van der Waals surface area contributed by atoms with Crippen molar-refractivity contribution in [3.63, 3.8) is 0 Å². The van der Waals surface area contributed by atoms with Crippen molar-refractivity contribution >= 4 is 144 Å². The van der Waals surface area contributed by atoms with Crippen LogP contribution in [0.3, 0.4) is 0 Å². The largest absolute Gasteiger partial charge is 0.456 e. The number of hydrogen-bond donors (Lipinski definition) is 0. The molecule has 17 rings (SSSR count). The van der Waals surface area contributed by atoms with Gasteiger partial charge in [-0.1, -0.05) is 121 Å². The van der Waals surface area contributed by atoms with Crippen LogP contribution in [0.4, 0.5) is 34.1 Å². The molecule has 0 atom stereocenters. The summed E-state index contributed by atoms with van der Waals surface area (Å²) in [5.41, 5.74) is 18.5. The van der Waals surface area contributed by atoms with Gasteiger partial charge in [0.15, 0.2) is 0 Å². The van der Waals surface area contributed by atoms with E-state index in [-0.39, 0.29) is 0 Å². The van der Waals surface area contributed by atoms with Gasteiger partial charge in [-0.2, -0.15) is 0 Å². The minimum absolute atomic E-state index is 0.773. The van der Waals surface area contributed by atoms with Gasteiger partial charge in [-0.15, -0.1) is 0 Å². The third-order valence-electron chi connectivity index (χ3n) is 15.8. The predicted molar refractivity (Wildman–Crippen MR) is 323 cm³/mol. The number of nitrogens with zero attached hydrogens (tertiary/aromatic N) is 2. The average molecular weight is 1020 g/mol. The lowest BCUT2D eigenvalue weighted by Crippen LogP contribution is -2.09. The number of hydrogen-bond acceptors (Lipinski definition) is 7. The van der Waals surface area contributed by atoms with Crippen LogP contribution in [0.2, 0.25) is 0 Å². The average Bonchev–Trinajstić information content (AvgIpc) is 4.47. The molecule has 0 aliphatic carbocycles. The first kappa shape index (κ1) is 43.5. The molecule has 0 radical (unpaired) electrons. The molecule has 7 heteroatoms. The molecule has 5 heterocycles. The molecule has 79 heavy (non-hydrogen) atoms. The van der Waals surface area contributed by atoms with Gasteiger partial charge >= 0.3 is 0 Å². The van der Waals surface area contributed by atoms with Gasteiger partial charge in [0.1, 0.15) is 55.8 Å². The van der Waals surface area contributed by atoms with Crippen molar-refractivity contribution in [2.75, 3.05) is 9.80 Å². The maximum atomic E-state index is 6.82. The molecule has 0 bridgehead atoms. The van der Waals surface area contributed by atoms with E-state index in [4.69, 9.17) is 22.1 Å². The minimum atomic E-state index is 0.773. The second-order valence-electron chi connectivity index (χ2n) is 20.4. The highest BCUT2D eigenvalue weighted by Gasteiger charge is 2.22. The van der Waals surface area contributed by atoms with E-state index in [1.807, 2.05) is 36.4 Å². The van der Waals surface area contributed by atoms with Crippen LogP contribution in [0.15, 0.2) is 277 Å². The molecule has 0 aliphatic heterocycles. The predicted octanol–water partition coefficient (Wildman–Crippen LogP) is 21.5. The fourth-order valence-corrected chi connectivity index (χ4v) is 12.0. The highest BCUT2D eigenvalue weighted by Crippen LogP contribution is 2.46. The summed E-state index contributed by atoms with van der Waals surface area (Å²) in [6, 6.07) is 89.0. The highest BCUT2D eigenvalue weighted by atomic mass is 16.3. The van der Waals surface area contributed by atoms with Crippen molar-refractivity contribution in [2.45, 2.75) is 0 Å². The Morgan fingerprint density at radius 1 is 0.165 bits per heavy atom. The molecule has 12 aromatic carbocycles. The van der Waals surface area contributed by atoms with Gasteiger partial charge in [0.25, 0.3) is 0 Å². The Morgan fingerprint density at radius 3 is 0.759 bits per heavy atom. The lowest BCUT2D eigenvalue weighted by Gasteiger charge is -2.25. The van der Waals surface area contributed by atoms with Gasteiger partial charge in [-0.25, -0.2) is 0 Å². The van der Waals surface area contributed by atoms with Gasteiger partial charge < -0.3 is 31.9 Å². The Kier molecular flexibility index (Phi) is 9.28. The highest BCUT2D eigenvalue weighted by molar-refractivity contribution is 6.19. The number of rotatable bonds is 8. The molecule has 0 saturated carbocycles. The Hall–Kier alpha value is -10.8. The summed E-state index contributed by atoms with van der Waals surface area (Å²) < 4.78 is 33.2. The summed E-state index contributed by atoms with van der Waals surface area (Å²) in [5.74, 6) is 0. The smallest absolute Gasteiger partial charge is 0.137 e. The maximum absolute atomic E-state index is 6.82. The summed E-state index contributed by atoms with van der Waals surface area (Å²) in [6.45, 7) is 0. The number of fused-ring (bicyclic) bond motifs is 15. The molecule has 17 aromatic rings. The summed E-state index contributed by atoms with van der Waals surface area (Å²) in [7, 11) is 0. The zero-order valence-electron chi connectivity index (χ0n) is 42.2. The van der Waals surface area contributed by atoms with Crippen molar-refractivity contribution in [2.24, 2.45) is 0 Å². The van der Waals surface area contributed by atoms with E-state index in [1.165, 1.54) is 11.1 Å². The standard InChI is InChI=1S/C72H42N2O5/c1-3-11-43(12-4-1)45-19-23-47(24-20-45)73(49-27-31-55-53-15-7-9-17-63(53)75-65(55)35-49)51-29-33-57-59-39-71-61(41-69(59)77-67(57)37-51)62-42-70-60(40-72(62)79-71)58-34-30-52(38-68(58)78-70)74(48-25-21-46(22-26-48)44-13-5-2-6-14-44)50-28-32-56-54-16-8-10-18-64(54)76-66(56)36-50/h1-42H. The van der Waals surface area contributed by atoms with E-state index in [1.54, 1.807) is 0 Å². The van der Waals surface area contributed by atoms with Gasteiger partial charge in [-0.3, -0.25) is 0 Å². The van der Waals surface area contributed by atoms with E-state index < -0.39 is 0 Å². The summed E-state index contributed by atoms with van der Waals surface area (Å²) in [4.78, 5) is 4.52. The quantitative estimate of drug-likeness (QED) is 0.150. The van der Waals surface area contributed by atoms with E-state index in [9.17, 15) is 0 Å². The van der Waals surface area contributed by atoms with Crippen LogP contribution in [0.1, 0.15) is 0 Å². The SMILES string of the molecule is c1ccc(-c2ccc(N(c3ccc4c(c3)oc3ccccc34)c3ccc4c(c3)oc3cc5c(cc34)oc3cc4c(cc35)oc3cc(N(c5ccc(-c6ccccc6)cc5)c5ccc6c(c5)oc5ccccc56)ccc34)cc2)cc1. The first-order valence-electron chi connectivity index (χ1n) is 26.5. The van der Waals surface area contributed by atoms with Crippen LogP contribution in [-0.2, 0) is 0 Å². The van der Waals surface area contributed by atoms with Crippen molar-refractivity contribution in [1.82, 2.24) is 0 Å². The zero-order valence-corrected chi connectivity index (χ0v) is 42.2.